The zero-order valence-electron chi connectivity index (χ0n) is 11.6. The standard InChI is InChI=1S/C13H16F2N4O2/c1-8(20)18-5-10-4-16-7-19(10)11(6-18)12(21)17-9-2-13(14,15)3-9/h4,7,9,11H,2-3,5-6H2,1H3,(H,17,21). The molecule has 0 saturated heterocycles. The first-order valence-electron chi connectivity index (χ1n) is 6.80. The van der Waals surface area contributed by atoms with Crippen LogP contribution >= 0.6 is 0 Å². The van der Waals surface area contributed by atoms with Crippen molar-refractivity contribution >= 4 is 11.8 Å². The summed E-state index contributed by atoms with van der Waals surface area (Å²) in [5.41, 5.74) is 0.760. The fraction of sp³-hybridized carbons (Fsp3) is 0.615. The Balaban J connectivity index is 1.72. The smallest absolute Gasteiger partial charge is 0.252 e. The van der Waals surface area contributed by atoms with Gasteiger partial charge in [0.1, 0.15) is 6.04 Å². The van der Waals surface area contributed by atoms with Crippen LogP contribution in [0.3, 0.4) is 0 Å². The zero-order valence-corrected chi connectivity index (χ0v) is 11.6. The van der Waals surface area contributed by atoms with Crippen LogP contribution in [0.25, 0.3) is 0 Å². The fourth-order valence-electron chi connectivity index (χ4n) is 2.80. The SMILES string of the molecule is CC(=O)N1Cc2cncn2C(C(=O)NC2CC(F)(F)C2)C1. The molecule has 1 fully saturated rings. The molecule has 1 aromatic heterocycles. The monoisotopic (exact) mass is 298 g/mol. The van der Waals surface area contributed by atoms with Crippen LogP contribution < -0.4 is 5.32 Å². The van der Waals surface area contributed by atoms with Crippen LogP contribution in [0, 0.1) is 0 Å². The largest absolute Gasteiger partial charge is 0.351 e. The lowest BCUT2D eigenvalue weighted by atomic mass is 9.88. The minimum atomic E-state index is -2.67. The quantitative estimate of drug-likeness (QED) is 0.874. The molecule has 0 aromatic carbocycles. The van der Waals surface area contributed by atoms with Gasteiger partial charge < -0.3 is 14.8 Å². The van der Waals surface area contributed by atoms with E-state index in [0.717, 1.165) is 5.69 Å². The normalized spacial score (nSPS) is 24.1. The molecule has 1 saturated carbocycles. The van der Waals surface area contributed by atoms with Gasteiger partial charge in [0.05, 0.1) is 25.1 Å². The van der Waals surface area contributed by atoms with Crippen molar-refractivity contribution in [2.24, 2.45) is 0 Å². The number of hydrogen-bond donors (Lipinski definition) is 1. The van der Waals surface area contributed by atoms with Crippen molar-refractivity contribution in [3.05, 3.63) is 18.2 Å². The maximum absolute atomic E-state index is 12.8. The van der Waals surface area contributed by atoms with Gasteiger partial charge in [-0.2, -0.15) is 0 Å². The average Bonchev–Trinajstić information content (AvgIpc) is 2.82. The second kappa shape index (κ2) is 4.78. The van der Waals surface area contributed by atoms with Gasteiger partial charge in [0.15, 0.2) is 0 Å². The summed E-state index contributed by atoms with van der Waals surface area (Å²) in [6.07, 6.45) is 2.50. The lowest BCUT2D eigenvalue weighted by Crippen LogP contribution is -2.54. The Morgan fingerprint density at radius 1 is 1.43 bits per heavy atom. The number of amides is 2. The molecule has 114 valence electrons. The van der Waals surface area contributed by atoms with Crippen LogP contribution in [0.2, 0.25) is 0 Å². The Morgan fingerprint density at radius 3 is 2.76 bits per heavy atom. The molecule has 1 aliphatic carbocycles. The molecule has 0 spiro atoms. The molecule has 2 heterocycles. The Kier molecular flexibility index (Phi) is 3.18. The average molecular weight is 298 g/mol. The molecule has 3 rings (SSSR count). The van der Waals surface area contributed by atoms with Crippen molar-refractivity contribution < 1.29 is 18.4 Å². The lowest BCUT2D eigenvalue weighted by molar-refractivity contribution is -0.136. The van der Waals surface area contributed by atoms with Gasteiger partial charge in [-0.05, 0) is 0 Å². The fourth-order valence-corrected chi connectivity index (χ4v) is 2.80. The van der Waals surface area contributed by atoms with E-state index in [4.69, 9.17) is 0 Å². The minimum Gasteiger partial charge on any atom is -0.351 e. The summed E-state index contributed by atoms with van der Waals surface area (Å²) >= 11 is 0. The number of aromatic nitrogens is 2. The van der Waals surface area contributed by atoms with Crippen LogP contribution in [0.1, 0.15) is 31.5 Å². The molecule has 0 bridgehead atoms. The summed E-state index contributed by atoms with van der Waals surface area (Å²) in [5.74, 6) is -3.15. The van der Waals surface area contributed by atoms with Crippen LogP contribution in [-0.4, -0.2) is 44.8 Å². The molecule has 0 radical (unpaired) electrons. The van der Waals surface area contributed by atoms with Gasteiger partial charge >= 0.3 is 0 Å². The maximum Gasteiger partial charge on any atom is 0.252 e. The van der Waals surface area contributed by atoms with E-state index in [0.29, 0.717) is 6.54 Å². The van der Waals surface area contributed by atoms with E-state index < -0.39 is 18.0 Å². The summed E-state index contributed by atoms with van der Waals surface area (Å²) in [7, 11) is 0. The second-order valence-corrected chi connectivity index (χ2v) is 5.68. The Labute approximate surface area is 120 Å². The number of carbonyl (C=O) groups is 2. The number of halogens is 2. The maximum atomic E-state index is 12.8. The van der Waals surface area contributed by atoms with Crippen molar-refractivity contribution in [2.45, 2.75) is 44.3 Å². The molecule has 21 heavy (non-hydrogen) atoms. The topological polar surface area (TPSA) is 67.2 Å². The first-order chi connectivity index (χ1) is 9.85. The van der Waals surface area contributed by atoms with E-state index in [9.17, 15) is 18.4 Å². The van der Waals surface area contributed by atoms with Gasteiger partial charge in [0, 0.05) is 32.0 Å². The highest BCUT2D eigenvalue weighted by Gasteiger charge is 2.46. The molecule has 8 heteroatoms. The summed E-state index contributed by atoms with van der Waals surface area (Å²) in [6, 6.07) is -1.11. The molecule has 2 amide bonds. The molecule has 1 atom stereocenters. The molecule has 1 unspecified atom stereocenters. The number of rotatable bonds is 2. The van der Waals surface area contributed by atoms with Crippen molar-refractivity contribution in [3.8, 4) is 0 Å². The predicted molar refractivity (Wildman–Crippen MR) is 68.5 cm³/mol. The van der Waals surface area contributed by atoms with Gasteiger partial charge in [-0.1, -0.05) is 0 Å². The third-order valence-electron chi connectivity index (χ3n) is 4.01. The van der Waals surface area contributed by atoms with Gasteiger partial charge in [-0.15, -0.1) is 0 Å². The van der Waals surface area contributed by atoms with Gasteiger partial charge in [0.2, 0.25) is 11.8 Å². The highest BCUT2D eigenvalue weighted by molar-refractivity contribution is 5.82. The molecule has 2 aliphatic rings. The van der Waals surface area contributed by atoms with E-state index in [2.05, 4.69) is 10.3 Å². The van der Waals surface area contributed by atoms with Gasteiger partial charge in [0.25, 0.3) is 5.92 Å². The number of alkyl halides is 2. The van der Waals surface area contributed by atoms with Crippen LogP contribution in [0.15, 0.2) is 12.5 Å². The van der Waals surface area contributed by atoms with E-state index in [1.807, 2.05) is 0 Å². The number of nitrogens with zero attached hydrogens (tertiary/aromatic N) is 3. The number of carbonyl (C=O) groups excluding carboxylic acids is 2. The lowest BCUT2D eigenvalue weighted by Gasteiger charge is -2.38. The van der Waals surface area contributed by atoms with Crippen LogP contribution in [0.4, 0.5) is 8.78 Å². The van der Waals surface area contributed by atoms with E-state index in [1.54, 1.807) is 15.7 Å². The van der Waals surface area contributed by atoms with Crippen molar-refractivity contribution in [3.63, 3.8) is 0 Å². The first kappa shape index (κ1) is 14.0. The Morgan fingerprint density at radius 2 is 2.14 bits per heavy atom. The highest BCUT2D eigenvalue weighted by Crippen LogP contribution is 2.37. The van der Waals surface area contributed by atoms with Crippen molar-refractivity contribution in [1.29, 1.82) is 0 Å². The number of fused-ring (bicyclic) bond motifs is 1. The Bertz CT molecular complexity index is 578. The minimum absolute atomic E-state index is 0.129. The third kappa shape index (κ3) is 2.62. The summed E-state index contributed by atoms with van der Waals surface area (Å²) < 4.78 is 27.3. The van der Waals surface area contributed by atoms with Gasteiger partial charge in [-0.3, -0.25) is 9.59 Å². The van der Waals surface area contributed by atoms with Gasteiger partial charge in [-0.25, -0.2) is 13.8 Å². The van der Waals surface area contributed by atoms with Crippen molar-refractivity contribution in [1.82, 2.24) is 19.8 Å². The second-order valence-electron chi connectivity index (χ2n) is 5.68. The summed E-state index contributed by atoms with van der Waals surface area (Å²) in [4.78, 5) is 29.4. The predicted octanol–water partition coefficient (Wildman–Crippen LogP) is 0.700. The molecular weight excluding hydrogens is 282 g/mol. The summed E-state index contributed by atoms with van der Waals surface area (Å²) in [5, 5.41) is 2.63. The van der Waals surface area contributed by atoms with E-state index in [1.165, 1.54) is 13.3 Å². The number of imidazole rings is 1. The zero-order chi connectivity index (χ0) is 15.2. The van der Waals surface area contributed by atoms with Crippen LogP contribution in [-0.2, 0) is 16.1 Å². The molecule has 6 nitrogen and oxygen atoms in total. The third-order valence-corrected chi connectivity index (χ3v) is 4.01. The number of nitrogens with one attached hydrogen (secondary N) is 1. The highest BCUT2D eigenvalue weighted by atomic mass is 19.3. The van der Waals surface area contributed by atoms with E-state index in [-0.39, 0.29) is 31.2 Å². The first-order valence-corrected chi connectivity index (χ1v) is 6.80. The molecular formula is C13H16F2N4O2. The molecule has 1 N–H and O–H groups in total. The van der Waals surface area contributed by atoms with E-state index >= 15 is 0 Å². The Hall–Kier alpha value is -1.99. The molecule has 1 aliphatic heterocycles. The summed E-state index contributed by atoms with van der Waals surface area (Å²) in [6.45, 7) is 2.07. The van der Waals surface area contributed by atoms with Crippen LogP contribution in [0.5, 0.6) is 0 Å². The molecule has 1 aromatic rings. The number of hydrogen-bond acceptors (Lipinski definition) is 3. The van der Waals surface area contributed by atoms with Crippen molar-refractivity contribution in [2.75, 3.05) is 6.54 Å².